The van der Waals surface area contributed by atoms with Gasteiger partial charge in [0.15, 0.2) is 0 Å². The van der Waals surface area contributed by atoms with Crippen LogP contribution < -0.4 is 5.32 Å². The molecular weight excluding hydrogens is 284 g/mol. The molecule has 1 amide bonds. The van der Waals surface area contributed by atoms with Crippen molar-refractivity contribution in [1.29, 1.82) is 0 Å². The highest BCUT2D eigenvalue weighted by Gasteiger charge is 2.10. The molecule has 0 spiro atoms. The van der Waals surface area contributed by atoms with E-state index in [1.165, 1.54) is 16.7 Å². The van der Waals surface area contributed by atoms with Crippen molar-refractivity contribution < 1.29 is 4.79 Å². The van der Waals surface area contributed by atoms with Gasteiger partial charge in [0, 0.05) is 12.6 Å². The molecule has 122 valence electrons. The van der Waals surface area contributed by atoms with Crippen LogP contribution in [0.4, 0.5) is 0 Å². The van der Waals surface area contributed by atoms with Gasteiger partial charge in [-0.3, -0.25) is 9.69 Å². The van der Waals surface area contributed by atoms with Gasteiger partial charge in [0.25, 0.3) is 0 Å². The number of amides is 1. The van der Waals surface area contributed by atoms with E-state index in [4.69, 9.17) is 0 Å². The SMILES string of the molecule is CCN(CC(=O)NC(C)C)Cc1ccc(-c2ccccc2)cc1. The van der Waals surface area contributed by atoms with Crippen LogP contribution in [0.15, 0.2) is 54.6 Å². The van der Waals surface area contributed by atoms with Crippen molar-refractivity contribution >= 4 is 5.91 Å². The van der Waals surface area contributed by atoms with Crippen molar-refractivity contribution in [3.05, 3.63) is 60.2 Å². The molecule has 2 rings (SSSR count). The van der Waals surface area contributed by atoms with Crippen molar-refractivity contribution in [3.63, 3.8) is 0 Å². The van der Waals surface area contributed by atoms with Crippen LogP contribution in [0, 0.1) is 0 Å². The smallest absolute Gasteiger partial charge is 0.234 e. The van der Waals surface area contributed by atoms with Crippen LogP contribution in [0.1, 0.15) is 26.3 Å². The Labute approximate surface area is 139 Å². The average Bonchev–Trinajstić information content (AvgIpc) is 2.55. The van der Waals surface area contributed by atoms with E-state index in [2.05, 4.69) is 65.7 Å². The minimum absolute atomic E-state index is 0.0859. The predicted molar refractivity (Wildman–Crippen MR) is 96.1 cm³/mol. The Morgan fingerprint density at radius 1 is 1.00 bits per heavy atom. The summed E-state index contributed by atoms with van der Waals surface area (Å²) >= 11 is 0. The maximum atomic E-state index is 11.9. The minimum atomic E-state index is 0.0859. The van der Waals surface area contributed by atoms with Gasteiger partial charge < -0.3 is 5.32 Å². The third-order valence-electron chi connectivity index (χ3n) is 3.73. The summed E-state index contributed by atoms with van der Waals surface area (Å²) in [5, 5.41) is 2.94. The van der Waals surface area contributed by atoms with Gasteiger partial charge in [-0.2, -0.15) is 0 Å². The molecular formula is C20H26N2O. The normalized spacial score (nSPS) is 11.0. The minimum Gasteiger partial charge on any atom is -0.353 e. The molecule has 2 aromatic rings. The van der Waals surface area contributed by atoms with E-state index in [0.29, 0.717) is 6.54 Å². The van der Waals surface area contributed by atoms with E-state index in [0.717, 1.165) is 13.1 Å². The van der Waals surface area contributed by atoms with E-state index in [9.17, 15) is 4.79 Å². The molecule has 0 aliphatic carbocycles. The van der Waals surface area contributed by atoms with Gasteiger partial charge in [0.05, 0.1) is 6.54 Å². The van der Waals surface area contributed by atoms with Gasteiger partial charge in [-0.25, -0.2) is 0 Å². The number of hydrogen-bond acceptors (Lipinski definition) is 2. The molecule has 0 unspecified atom stereocenters. The highest BCUT2D eigenvalue weighted by molar-refractivity contribution is 5.78. The van der Waals surface area contributed by atoms with Crippen LogP contribution in [0.3, 0.4) is 0 Å². The number of benzene rings is 2. The lowest BCUT2D eigenvalue weighted by Gasteiger charge is -2.21. The molecule has 3 nitrogen and oxygen atoms in total. The molecule has 1 N–H and O–H groups in total. The summed E-state index contributed by atoms with van der Waals surface area (Å²) < 4.78 is 0. The Kier molecular flexibility index (Phi) is 6.36. The maximum Gasteiger partial charge on any atom is 0.234 e. The quantitative estimate of drug-likeness (QED) is 0.845. The molecule has 0 aliphatic rings. The van der Waals surface area contributed by atoms with E-state index in [1.54, 1.807) is 0 Å². The van der Waals surface area contributed by atoms with Crippen LogP contribution in [0.25, 0.3) is 11.1 Å². The Balaban J connectivity index is 1.97. The third kappa shape index (κ3) is 5.53. The first kappa shape index (κ1) is 17.2. The zero-order valence-electron chi connectivity index (χ0n) is 14.3. The zero-order valence-corrected chi connectivity index (χ0v) is 14.3. The predicted octanol–water partition coefficient (Wildman–Crippen LogP) is 3.70. The fraction of sp³-hybridized carbons (Fsp3) is 0.350. The molecule has 0 heterocycles. The van der Waals surface area contributed by atoms with Crippen LogP contribution in [0.2, 0.25) is 0 Å². The maximum absolute atomic E-state index is 11.9. The molecule has 0 saturated heterocycles. The number of carbonyl (C=O) groups excluding carboxylic acids is 1. The molecule has 0 aliphatic heterocycles. The second-order valence-corrected chi connectivity index (χ2v) is 6.09. The highest BCUT2D eigenvalue weighted by Crippen LogP contribution is 2.19. The topological polar surface area (TPSA) is 32.3 Å². The van der Waals surface area contributed by atoms with Gasteiger partial charge in [-0.15, -0.1) is 0 Å². The third-order valence-corrected chi connectivity index (χ3v) is 3.73. The summed E-state index contributed by atoms with van der Waals surface area (Å²) in [6.45, 7) is 8.13. The fourth-order valence-electron chi connectivity index (χ4n) is 2.54. The number of nitrogens with zero attached hydrogens (tertiary/aromatic N) is 1. The zero-order chi connectivity index (χ0) is 16.7. The van der Waals surface area contributed by atoms with Crippen LogP contribution in [-0.4, -0.2) is 29.9 Å². The Morgan fingerprint density at radius 2 is 1.61 bits per heavy atom. The van der Waals surface area contributed by atoms with Crippen molar-refractivity contribution in [2.45, 2.75) is 33.4 Å². The molecule has 0 aromatic heterocycles. The number of rotatable bonds is 7. The Bertz CT molecular complexity index is 605. The van der Waals surface area contributed by atoms with E-state index >= 15 is 0 Å². The van der Waals surface area contributed by atoms with Crippen molar-refractivity contribution in [2.24, 2.45) is 0 Å². The number of hydrogen-bond donors (Lipinski definition) is 1. The second-order valence-electron chi connectivity index (χ2n) is 6.09. The lowest BCUT2D eigenvalue weighted by molar-refractivity contribution is -0.122. The average molecular weight is 310 g/mol. The summed E-state index contributed by atoms with van der Waals surface area (Å²) in [6, 6.07) is 19.1. The van der Waals surface area contributed by atoms with Crippen LogP contribution in [-0.2, 0) is 11.3 Å². The van der Waals surface area contributed by atoms with E-state index in [-0.39, 0.29) is 11.9 Å². The van der Waals surface area contributed by atoms with E-state index in [1.807, 2.05) is 19.9 Å². The van der Waals surface area contributed by atoms with Gasteiger partial charge in [0.2, 0.25) is 5.91 Å². The summed E-state index contributed by atoms with van der Waals surface area (Å²) in [6.07, 6.45) is 0. The van der Waals surface area contributed by atoms with Crippen LogP contribution in [0.5, 0.6) is 0 Å². The monoisotopic (exact) mass is 310 g/mol. The molecule has 0 atom stereocenters. The molecule has 0 bridgehead atoms. The summed E-state index contributed by atoms with van der Waals surface area (Å²) in [5.41, 5.74) is 3.67. The summed E-state index contributed by atoms with van der Waals surface area (Å²) in [4.78, 5) is 14.0. The van der Waals surface area contributed by atoms with Gasteiger partial charge in [-0.05, 0) is 37.1 Å². The fourth-order valence-corrected chi connectivity index (χ4v) is 2.54. The lowest BCUT2D eigenvalue weighted by atomic mass is 10.0. The first-order valence-corrected chi connectivity index (χ1v) is 8.24. The molecule has 2 aromatic carbocycles. The molecule has 0 saturated carbocycles. The van der Waals surface area contributed by atoms with Crippen molar-refractivity contribution in [1.82, 2.24) is 10.2 Å². The number of likely N-dealkylation sites (N-methyl/N-ethyl adjacent to an activating group) is 1. The van der Waals surface area contributed by atoms with Crippen LogP contribution >= 0.6 is 0 Å². The molecule has 0 radical (unpaired) electrons. The Hall–Kier alpha value is -2.13. The van der Waals surface area contributed by atoms with Gasteiger partial charge >= 0.3 is 0 Å². The Morgan fingerprint density at radius 3 is 2.17 bits per heavy atom. The lowest BCUT2D eigenvalue weighted by Crippen LogP contribution is -2.39. The number of carbonyl (C=O) groups is 1. The molecule has 23 heavy (non-hydrogen) atoms. The first-order chi connectivity index (χ1) is 11.1. The largest absolute Gasteiger partial charge is 0.353 e. The standard InChI is InChI=1S/C20H26N2O/c1-4-22(15-20(23)21-16(2)3)14-17-10-12-19(13-11-17)18-8-6-5-7-9-18/h5-13,16H,4,14-15H2,1-3H3,(H,21,23). The van der Waals surface area contributed by atoms with Crippen molar-refractivity contribution in [3.8, 4) is 11.1 Å². The molecule has 3 heteroatoms. The highest BCUT2D eigenvalue weighted by atomic mass is 16.2. The number of nitrogens with one attached hydrogen (secondary N) is 1. The van der Waals surface area contributed by atoms with Crippen molar-refractivity contribution in [2.75, 3.05) is 13.1 Å². The molecule has 0 fully saturated rings. The van der Waals surface area contributed by atoms with Gasteiger partial charge in [0.1, 0.15) is 0 Å². The summed E-state index contributed by atoms with van der Waals surface area (Å²) in [7, 11) is 0. The first-order valence-electron chi connectivity index (χ1n) is 8.24. The second kappa shape index (κ2) is 8.49. The summed E-state index contributed by atoms with van der Waals surface area (Å²) in [5.74, 6) is 0.0859. The van der Waals surface area contributed by atoms with Gasteiger partial charge in [-0.1, -0.05) is 61.5 Å². The van der Waals surface area contributed by atoms with E-state index < -0.39 is 0 Å².